The number of fused-ring (bicyclic) bond motifs is 1. The minimum absolute atomic E-state index is 0.0744. The lowest BCUT2D eigenvalue weighted by atomic mass is 10.3. The van der Waals surface area contributed by atoms with E-state index in [1.807, 2.05) is 22.6 Å². The third-order valence-electron chi connectivity index (χ3n) is 2.27. The van der Waals surface area contributed by atoms with Gasteiger partial charge < -0.3 is 4.74 Å². The molecule has 0 radical (unpaired) electrons. The van der Waals surface area contributed by atoms with Crippen molar-refractivity contribution < 1.29 is 9.53 Å². The lowest BCUT2D eigenvalue weighted by Gasteiger charge is -2.05. The van der Waals surface area contributed by atoms with Gasteiger partial charge in [0.15, 0.2) is 5.88 Å². The summed E-state index contributed by atoms with van der Waals surface area (Å²) in [5, 5.41) is 0. The average Bonchev–Trinajstić information content (AvgIpc) is 2.55. The van der Waals surface area contributed by atoms with Crippen LogP contribution in [0, 0.1) is 0 Å². The quantitative estimate of drug-likeness (QED) is 0.867. The molecule has 5 heteroatoms. The molecule has 0 aliphatic carbocycles. The Hall–Kier alpha value is -1.36. The van der Waals surface area contributed by atoms with Gasteiger partial charge in [0.1, 0.15) is 16.2 Å². The van der Waals surface area contributed by atoms with Gasteiger partial charge in [-0.25, -0.2) is 4.98 Å². The Balaban J connectivity index is 2.69. The molecule has 2 aromatic heterocycles. The molecule has 0 atom stereocenters. The predicted molar refractivity (Wildman–Crippen MR) is 63.8 cm³/mol. The zero-order valence-electron chi connectivity index (χ0n) is 9.03. The Morgan fingerprint density at radius 2 is 2.31 bits per heavy atom. The number of rotatable bonds is 3. The topological polar surface area (TPSA) is 43.6 Å². The summed E-state index contributed by atoms with van der Waals surface area (Å²) >= 11 is 3.37. The largest absolute Gasteiger partial charge is 0.482 e. The number of Topliss-reactive ketones (excluding diaryl/α,β-unsaturated/α-hetero) is 1. The van der Waals surface area contributed by atoms with Crippen molar-refractivity contribution in [3.05, 3.63) is 28.6 Å². The number of pyridine rings is 1. The Morgan fingerprint density at radius 3 is 2.94 bits per heavy atom. The number of ketones is 1. The molecule has 0 saturated carbocycles. The summed E-state index contributed by atoms with van der Waals surface area (Å²) in [5.74, 6) is 1.43. The summed E-state index contributed by atoms with van der Waals surface area (Å²) in [6, 6.07) is 5.64. The van der Waals surface area contributed by atoms with Gasteiger partial charge in [-0.05, 0) is 35.0 Å². The van der Waals surface area contributed by atoms with Crippen LogP contribution >= 0.6 is 15.9 Å². The third-order valence-corrected chi connectivity index (χ3v) is 2.85. The van der Waals surface area contributed by atoms with E-state index in [1.54, 1.807) is 14.0 Å². The highest BCUT2D eigenvalue weighted by Crippen LogP contribution is 2.24. The van der Waals surface area contributed by atoms with Crippen LogP contribution in [0.15, 0.2) is 22.8 Å². The van der Waals surface area contributed by atoms with E-state index in [-0.39, 0.29) is 5.78 Å². The number of imidazole rings is 1. The minimum Gasteiger partial charge on any atom is -0.482 e. The van der Waals surface area contributed by atoms with Crippen molar-refractivity contribution >= 4 is 27.2 Å². The Bertz CT molecular complexity index is 548. The molecule has 84 valence electrons. The Labute approximate surface area is 101 Å². The van der Waals surface area contributed by atoms with Crippen LogP contribution in [0.3, 0.4) is 0 Å². The van der Waals surface area contributed by atoms with Crippen LogP contribution in [0.5, 0.6) is 5.88 Å². The number of carbonyl (C=O) groups excluding carboxylic acids is 1. The average molecular weight is 283 g/mol. The molecule has 2 heterocycles. The molecule has 0 aromatic carbocycles. The first kappa shape index (κ1) is 11.1. The standard InChI is InChI=1S/C11H11BrN2O2/c1-7(15)6-9-13-11(12)8-4-3-5-10(16-2)14(8)9/h3-5H,6H2,1-2H3. The fourth-order valence-corrected chi connectivity index (χ4v) is 2.15. The van der Waals surface area contributed by atoms with Gasteiger partial charge in [0, 0.05) is 0 Å². The molecule has 0 spiro atoms. The highest BCUT2D eigenvalue weighted by molar-refractivity contribution is 9.10. The Morgan fingerprint density at radius 1 is 1.56 bits per heavy atom. The lowest BCUT2D eigenvalue weighted by molar-refractivity contribution is -0.116. The summed E-state index contributed by atoms with van der Waals surface area (Å²) in [4.78, 5) is 15.5. The number of methoxy groups -OCH3 is 1. The highest BCUT2D eigenvalue weighted by Gasteiger charge is 2.13. The van der Waals surface area contributed by atoms with Gasteiger partial charge in [0.2, 0.25) is 0 Å². The molecular formula is C11H11BrN2O2. The van der Waals surface area contributed by atoms with E-state index in [1.165, 1.54) is 0 Å². The normalized spacial score (nSPS) is 10.7. The van der Waals surface area contributed by atoms with E-state index < -0.39 is 0 Å². The van der Waals surface area contributed by atoms with Crippen LogP contribution in [0.2, 0.25) is 0 Å². The summed E-state index contributed by atoms with van der Waals surface area (Å²) in [6.07, 6.45) is 0.299. The predicted octanol–water partition coefficient (Wildman–Crippen LogP) is 2.24. The second-order valence-corrected chi connectivity index (χ2v) is 4.24. The van der Waals surface area contributed by atoms with Crippen molar-refractivity contribution in [2.45, 2.75) is 13.3 Å². The molecule has 4 nitrogen and oxygen atoms in total. The van der Waals surface area contributed by atoms with Crippen molar-refractivity contribution in [3.63, 3.8) is 0 Å². The van der Waals surface area contributed by atoms with E-state index in [0.717, 1.165) is 10.1 Å². The van der Waals surface area contributed by atoms with E-state index in [4.69, 9.17) is 4.74 Å². The van der Waals surface area contributed by atoms with Gasteiger partial charge in [-0.15, -0.1) is 0 Å². The summed E-state index contributed by atoms with van der Waals surface area (Å²) in [7, 11) is 1.60. The van der Waals surface area contributed by atoms with E-state index in [0.29, 0.717) is 18.1 Å². The number of hydrogen-bond donors (Lipinski definition) is 0. The van der Waals surface area contributed by atoms with Crippen molar-refractivity contribution in [2.75, 3.05) is 7.11 Å². The van der Waals surface area contributed by atoms with Crippen LogP contribution in [0.25, 0.3) is 5.52 Å². The van der Waals surface area contributed by atoms with E-state index >= 15 is 0 Å². The fraction of sp³-hybridized carbons (Fsp3) is 0.273. The zero-order chi connectivity index (χ0) is 11.7. The molecule has 0 N–H and O–H groups in total. The maximum Gasteiger partial charge on any atom is 0.199 e. The van der Waals surface area contributed by atoms with Gasteiger partial charge in [0.05, 0.1) is 19.0 Å². The van der Waals surface area contributed by atoms with Crippen molar-refractivity contribution in [1.29, 1.82) is 0 Å². The first-order valence-electron chi connectivity index (χ1n) is 4.82. The number of nitrogens with zero attached hydrogens (tertiary/aromatic N) is 2. The number of aromatic nitrogens is 2. The molecule has 16 heavy (non-hydrogen) atoms. The Kier molecular flexibility index (Phi) is 2.96. The number of carbonyl (C=O) groups is 1. The molecule has 0 aliphatic rings. The number of hydrogen-bond acceptors (Lipinski definition) is 3. The number of ether oxygens (including phenoxy) is 1. The highest BCUT2D eigenvalue weighted by atomic mass is 79.9. The maximum absolute atomic E-state index is 11.2. The zero-order valence-corrected chi connectivity index (χ0v) is 10.6. The van der Waals surface area contributed by atoms with E-state index in [9.17, 15) is 4.79 Å². The van der Waals surface area contributed by atoms with Gasteiger partial charge >= 0.3 is 0 Å². The molecular weight excluding hydrogens is 272 g/mol. The summed E-state index contributed by atoms with van der Waals surface area (Å²) in [5.41, 5.74) is 0.899. The molecule has 0 unspecified atom stereocenters. The van der Waals surface area contributed by atoms with Crippen LogP contribution in [0.1, 0.15) is 12.7 Å². The minimum atomic E-state index is 0.0744. The second-order valence-electron chi connectivity index (χ2n) is 3.49. The first-order chi connectivity index (χ1) is 7.63. The maximum atomic E-state index is 11.2. The summed E-state index contributed by atoms with van der Waals surface area (Å²) < 4.78 is 7.82. The van der Waals surface area contributed by atoms with Gasteiger partial charge in [-0.1, -0.05) is 6.07 Å². The smallest absolute Gasteiger partial charge is 0.199 e. The van der Waals surface area contributed by atoms with Gasteiger partial charge in [0.25, 0.3) is 0 Å². The fourth-order valence-electron chi connectivity index (χ4n) is 1.64. The summed E-state index contributed by atoms with van der Waals surface area (Å²) in [6.45, 7) is 1.55. The number of halogens is 1. The third kappa shape index (κ3) is 1.82. The van der Waals surface area contributed by atoms with Crippen LogP contribution in [0.4, 0.5) is 0 Å². The molecule has 0 fully saturated rings. The lowest BCUT2D eigenvalue weighted by Crippen LogP contribution is -2.04. The van der Waals surface area contributed by atoms with Crippen molar-refractivity contribution in [3.8, 4) is 5.88 Å². The van der Waals surface area contributed by atoms with Gasteiger partial charge in [-0.2, -0.15) is 0 Å². The SMILES string of the molecule is COc1cccc2c(Br)nc(CC(C)=O)n12. The van der Waals surface area contributed by atoms with Gasteiger partial charge in [-0.3, -0.25) is 9.20 Å². The molecule has 0 aliphatic heterocycles. The van der Waals surface area contributed by atoms with Crippen molar-refractivity contribution in [1.82, 2.24) is 9.38 Å². The molecule has 0 bridgehead atoms. The van der Waals surface area contributed by atoms with Crippen LogP contribution in [-0.2, 0) is 11.2 Å². The molecule has 2 rings (SSSR count). The molecule has 0 amide bonds. The monoisotopic (exact) mass is 282 g/mol. The molecule has 0 saturated heterocycles. The van der Waals surface area contributed by atoms with Crippen molar-refractivity contribution in [2.24, 2.45) is 0 Å². The van der Waals surface area contributed by atoms with Crippen LogP contribution < -0.4 is 4.74 Å². The van der Waals surface area contributed by atoms with Crippen LogP contribution in [-0.4, -0.2) is 22.3 Å². The molecule has 2 aromatic rings. The van der Waals surface area contributed by atoms with E-state index in [2.05, 4.69) is 20.9 Å². The first-order valence-corrected chi connectivity index (χ1v) is 5.62. The second kappa shape index (κ2) is 4.25.